The summed E-state index contributed by atoms with van der Waals surface area (Å²) in [6.45, 7) is 0. The summed E-state index contributed by atoms with van der Waals surface area (Å²) >= 11 is 1.40. The lowest BCUT2D eigenvalue weighted by atomic mass is 9.90. The number of rotatable bonds is 6. The number of hydrogen-bond donors (Lipinski definition) is 0. The SMILES string of the molecule is COc1ccc(C2=CCCCC2Sc2ccc([N+](=O)[O-])cc2[N+](=O)[O-])c2ccccc12. The number of allylic oxidation sites excluding steroid dienone is 1. The zero-order chi connectivity index (χ0) is 22.0. The van der Waals surface area contributed by atoms with E-state index in [0.717, 1.165) is 53.0 Å². The third-order valence-corrected chi connectivity index (χ3v) is 6.79. The molecule has 0 N–H and O–H groups in total. The average molecular weight is 436 g/mol. The number of benzene rings is 3. The van der Waals surface area contributed by atoms with Crippen LogP contribution in [0.25, 0.3) is 16.3 Å². The fourth-order valence-corrected chi connectivity index (χ4v) is 5.31. The molecular formula is C23H20N2O5S. The van der Waals surface area contributed by atoms with Crippen molar-refractivity contribution in [1.29, 1.82) is 0 Å². The summed E-state index contributed by atoms with van der Waals surface area (Å²) in [7, 11) is 1.65. The van der Waals surface area contributed by atoms with Gasteiger partial charge in [0.25, 0.3) is 11.4 Å². The molecule has 3 aromatic carbocycles. The van der Waals surface area contributed by atoms with E-state index in [1.807, 2.05) is 30.3 Å². The molecule has 8 heteroatoms. The molecule has 0 amide bonds. The Bertz CT molecular complexity index is 1210. The summed E-state index contributed by atoms with van der Waals surface area (Å²) in [5.74, 6) is 0.797. The maximum atomic E-state index is 11.6. The highest BCUT2D eigenvalue weighted by atomic mass is 32.2. The number of ether oxygens (including phenoxy) is 1. The summed E-state index contributed by atoms with van der Waals surface area (Å²) < 4.78 is 5.51. The van der Waals surface area contributed by atoms with Crippen molar-refractivity contribution < 1.29 is 14.6 Å². The van der Waals surface area contributed by atoms with Gasteiger partial charge in [-0.15, -0.1) is 11.8 Å². The highest BCUT2D eigenvalue weighted by Gasteiger charge is 2.27. The normalized spacial score (nSPS) is 16.0. The van der Waals surface area contributed by atoms with Crippen molar-refractivity contribution in [1.82, 2.24) is 0 Å². The van der Waals surface area contributed by atoms with Crippen molar-refractivity contribution in [2.24, 2.45) is 0 Å². The highest BCUT2D eigenvalue weighted by molar-refractivity contribution is 8.00. The Balaban J connectivity index is 1.75. The predicted molar refractivity (Wildman–Crippen MR) is 122 cm³/mol. The first kappa shape index (κ1) is 20.9. The zero-order valence-electron chi connectivity index (χ0n) is 16.8. The maximum Gasteiger partial charge on any atom is 0.289 e. The molecule has 1 aliphatic rings. The second-order valence-electron chi connectivity index (χ2n) is 7.22. The van der Waals surface area contributed by atoms with Crippen LogP contribution < -0.4 is 4.74 Å². The van der Waals surface area contributed by atoms with Gasteiger partial charge in [-0.05, 0) is 47.9 Å². The first-order chi connectivity index (χ1) is 15.0. The van der Waals surface area contributed by atoms with E-state index in [9.17, 15) is 20.2 Å². The molecule has 3 aromatic rings. The third-order valence-electron chi connectivity index (χ3n) is 5.42. The van der Waals surface area contributed by atoms with Crippen LogP contribution in [0.2, 0.25) is 0 Å². The van der Waals surface area contributed by atoms with Crippen LogP contribution in [0.5, 0.6) is 5.75 Å². The van der Waals surface area contributed by atoms with Crippen molar-refractivity contribution in [3.8, 4) is 5.75 Å². The van der Waals surface area contributed by atoms with E-state index < -0.39 is 9.85 Å². The molecule has 1 unspecified atom stereocenters. The van der Waals surface area contributed by atoms with Gasteiger partial charge in [-0.3, -0.25) is 20.2 Å². The molecule has 0 fully saturated rings. The fraction of sp³-hybridized carbons (Fsp3) is 0.217. The van der Waals surface area contributed by atoms with Crippen LogP contribution in [-0.2, 0) is 0 Å². The summed E-state index contributed by atoms with van der Waals surface area (Å²) in [6.07, 6.45) is 4.99. The molecule has 4 rings (SSSR count). The Labute approximate surface area is 183 Å². The van der Waals surface area contributed by atoms with Gasteiger partial charge in [0.1, 0.15) is 5.75 Å². The number of nitro groups is 2. The quantitative estimate of drug-likeness (QED) is 0.328. The molecule has 0 spiro atoms. The molecule has 0 saturated carbocycles. The summed E-state index contributed by atoms with van der Waals surface area (Å²) in [4.78, 5) is 21.9. The van der Waals surface area contributed by atoms with Crippen molar-refractivity contribution in [2.45, 2.75) is 29.4 Å². The Morgan fingerprint density at radius 2 is 1.77 bits per heavy atom. The number of nitro benzene ring substituents is 2. The van der Waals surface area contributed by atoms with Crippen LogP contribution in [0.1, 0.15) is 24.8 Å². The molecule has 0 aliphatic heterocycles. The molecule has 1 aliphatic carbocycles. The molecule has 158 valence electrons. The standard InChI is InChI=1S/C23H20N2O5S/c1-30-21-12-11-17(16-6-2-3-7-18(16)21)19-8-4-5-9-22(19)31-23-13-10-15(24(26)27)14-20(23)25(28)29/h2-3,6-8,10-14,22H,4-5,9H2,1H3. The van der Waals surface area contributed by atoms with E-state index in [2.05, 4.69) is 12.1 Å². The number of non-ortho nitro benzene ring substituents is 1. The van der Waals surface area contributed by atoms with Gasteiger partial charge in [-0.25, -0.2) is 0 Å². The molecule has 7 nitrogen and oxygen atoms in total. The number of methoxy groups -OCH3 is 1. The highest BCUT2D eigenvalue weighted by Crippen LogP contribution is 2.45. The number of nitrogens with zero attached hydrogens (tertiary/aromatic N) is 2. The van der Waals surface area contributed by atoms with Gasteiger partial charge in [0.05, 0.1) is 27.9 Å². The van der Waals surface area contributed by atoms with E-state index in [1.165, 1.54) is 23.9 Å². The average Bonchev–Trinajstić information content (AvgIpc) is 2.78. The molecule has 31 heavy (non-hydrogen) atoms. The van der Waals surface area contributed by atoms with Crippen molar-refractivity contribution >= 4 is 39.5 Å². The lowest BCUT2D eigenvalue weighted by Crippen LogP contribution is -2.11. The summed E-state index contributed by atoms with van der Waals surface area (Å²) in [5, 5.41) is 24.7. The van der Waals surface area contributed by atoms with Gasteiger partial charge < -0.3 is 4.74 Å². The predicted octanol–water partition coefficient (Wildman–Crippen LogP) is 6.39. The fourth-order valence-electron chi connectivity index (χ4n) is 3.97. The van der Waals surface area contributed by atoms with Gasteiger partial charge in [0, 0.05) is 16.7 Å². The minimum atomic E-state index is -0.614. The molecular weight excluding hydrogens is 416 g/mol. The van der Waals surface area contributed by atoms with Crippen LogP contribution in [0.15, 0.2) is 65.6 Å². The smallest absolute Gasteiger partial charge is 0.289 e. The van der Waals surface area contributed by atoms with E-state index in [1.54, 1.807) is 7.11 Å². The van der Waals surface area contributed by atoms with Gasteiger partial charge in [-0.2, -0.15) is 0 Å². The molecule has 0 heterocycles. The molecule has 0 radical (unpaired) electrons. The topological polar surface area (TPSA) is 95.5 Å². The Kier molecular flexibility index (Phi) is 5.90. The molecule has 0 bridgehead atoms. The molecule has 1 atom stereocenters. The molecule has 0 saturated heterocycles. The third kappa shape index (κ3) is 4.11. The Morgan fingerprint density at radius 1 is 1.00 bits per heavy atom. The summed E-state index contributed by atoms with van der Waals surface area (Å²) in [5.41, 5.74) is 1.70. The Morgan fingerprint density at radius 3 is 2.48 bits per heavy atom. The lowest BCUT2D eigenvalue weighted by molar-refractivity contribution is -0.396. The first-order valence-corrected chi connectivity index (χ1v) is 10.7. The Hall–Kier alpha value is -3.39. The maximum absolute atomic E-state index is 11.6. The van der Waals surface area contributed by atoms with E-state index >= 15 is 0 Å². The van der Waals surface area contributed by atoms with Crippen molar-refractivity contribution in [3.05, 3.63) is 86.5 Å². The van der Waals surface area contributed by atoms with Gasteiger partial charge in [0.15, 0.2) is 0 Å². The molecule has 0 aromatic heterocycles. The van der Waals surface area contributed by atoms with Gasteiger partial charge in [-0.1, -0.05) is 36.4 Å². The second-order valence-corrected chi connectivity index (χ2v) is 8.47. The van der Waals surface area contributed by atoms with Crippen molar-refractivity contribution in [2.75, 3.05) is 7.11 Å². The van der Waals surface area contributed by atoms with E-state index in [4.69, 9.17) is 4.74 Å². The van der Waals surface area contributed by atoms with Crippen LogP contribution in [0.4, 0.5) is 11.4 Å². The van der Waals surface area contributed by atoms with Crippen LogP contribution in [0.3, 0.4) is 0 Å². The van der Waals surface area contributed by atoms with Crippen LogP contribution in [-0.4, -0.2) is 22.2 Å². The lowest BCUT2D eigenvalue weighted by Gasteiger charge is -2.25. The van der Waals surface area contributed by atoms with Gasteiger partial charge in [0.2, 0.25) is 0 Å². The van der Waals surface area contributed by atoms with Crippen LogP contribution >= 0.6 is 11.8 Å². The van der Waals surface area contributed by atoms with E-state index in [0.29, 0.717) is 4.90 Å². The van der Waals surface area contributed by atoms with E-state index in [-0.39, 0.29) is 16.6 Å². The minimum Gasteiger partial charge on any atom is -0.496 e. The number of fused-ring (bicyclic) bond motifs is 1. The zero-order valence-corrected chi connectivity index (χ0v) is 17.6. The van der Waals surface area contributed by atoms with Crippen LogP contribution in [0, 0.1) is 20.2 Å². The first-order valence-electron chi connectivity index (χ1n) is 9.85. The summed E-state index contributed by atoms with van der Waals surface area (Å²) in [6, 6.07) is 15.9. The monoisotopic (exact) mass is 436 g/mol. The van der Waals surface area contributed by atoms with Gasteiger partial charge >= 0.3 is 0 Å². The second kappa shape index (κ2) is 8.77. The number of thioether (sulfide) groups is 1. The van der Waals surface area contributed by atoms with Crippen molar-refractivity contribution in [3.63, 3.8) is 0 Å². The largest absolute Gasteiger partial charge is 0.496 e. The number of hydrogen-bond acceptors (Lipinski definition) is 6. The minimum absolute atomic E-state index is 0.00528.